The topological polar surface area (TPSA) is 88.2 Å². The van der Waals surface area contributed by atoms with E-state index in [4.69, 9.17) is 15.7 Å². The first-order valence-corrected chi connectivity index (χ1v) is 6.05. The molecule has 0 bridgehead atoms. The maximum atomic E-state index is 11.9. The van der Waals surface area contributed by atoms with Crippen molar-refractivity contribution in [3.05, 3.63) is 0 Å². The van der Waals surface area contributed by atoms with Crippen LogP contribution in [-0.4, -0.2) is 47.7 Å². The second kappa shape index (κ2) is 7.11. The minimum Gasteiger partial charge on any atom is -0.409 e. The third-order valence-corrected chi connectivity index (χ3v) is 2.85. The van der Waals surface area contributed by atoms with E-state index in [1.165, 1.54) is 0 Å². The van der Waals surface area contributed by atoms with Gasteiger partial charge in [0.05, 0.1) is 6.04 Å². The summed E-state index contributed by atoms with van der Waals surface area (Å²) in [6.07, 6.45) is 3.57. The Hall–Kier alpha value is -1.30. The van der Waals surface area contributed by atoms with E-state index in [9.17, 15) is 4.79 Å². The van der Waals surface area contributed by atoms with Crippen LogP contribution in [0.2, 0.25) is 0 Å². The number of amides is 1. The van der Waals surface area contributed by atoms with Crippen molar-refractivity contribution in [2.45, 2.75) is 38.6 Å². The fourth-order valence-corrected chi connectivity index (χ4v) is 1.99. The lowest BCUT2D eigenvalue weighted by molar-refractivity contribution is -0.138. The fourth-order valence-electron chi connectivity index (χ4n) is 1.99. The first-order chi connectivity index (χ1) is 8.20. The van der Waals surface area contributed by atoms with E-state index in [2.05, 4.69) is 5.16 Å². The van der Waals surface area contributed by atoms with Crippen LogP contribution in [0.5, 0.6) is 0 Å². The van der Waals surface area contributed by atoms with E-state index in [-0.39, 0.29) is 24.4 Å². The predicted octanol–water partition coefficient (Wildman–Crippen LogP) is 0.541. The number of carbonyl (C=O) groups excluding carboxylic acids is 1. The van der Waals surface area contributed by atoms with Gasteiger partial charge in [-0.25, -0.2) is 0 Å². The highest BCUT2D eigenvalue weighted by Gasteiger charge is 2.29. The molecule has 1 aliphatic rings. The Kier molecular flexibility index (Phi) is 5.76. The molecule has 0 spiro atoms. The Morgan fingerprint density at radius 3 is 3.00 bits per heavy atom. The number of carbonyl (C=O) groups is 1. The number of piperidine rings is 1. The molecule has 1 saturated heterocycles. The van der Waals surface area contributed by atoms with Crippen molar-refractivity contribution in [2.24, 2.45) is 10.9 Å². The van der Waals surface area contributed by atoms with Gasteiger partial charge in [0, 0.05) is 13.2 Å². The normalized spacial score (nSPS) is 21.6. The molecule has 0 aliphatic carbocycles. The van der Waals surface area contributed by atoms with Gasteiger partial charge in [-0.3, -0.25) is 4.79 Å². The summed E-state index contributed by atoms with van der Waals surface area (Å²) in [6, 6.07) is -0.286. The van der Waals surface area contributed by atoms with Crippen LogP contribution in [0.3, 0.4) is 0 Å². The summed E-state index contributed by atoms with van der Waals surface area (Å²) in [7, 11) is 0. The molecular weight excluding hydrogens is 222 g/mol. The molecule has 1 unspecified atom stereocenters. The molecule has 1 atom stereocenters. The van der Waals surface area contributed by atoms with Crippen LogP contribution in [-0.2, 0) is 9.53 Å². The zero-order valence-electron chi connectivity index (χ0n) is 10.3. The molecule has 0 aromatic heterocycles. The average Bonchev–Trinajstić information content (AvgIpc) is 2.38. The third-order valence-electron chi connectivity index (χ3n) is 2.85. The largest absolute Gasteiger partial charge is 0.409 e. The maximum absolute atomic E-state index is 11.9. The highest BCUT2D eigenvalue weighted by Crippen LogP contribution is 2.17. The van der Waals surface area contributed by atoms with Gasteiger partial charge < -0.3 is 20.6 Å². The molecule has 0 aromatic rings. The van der Waals surface area contributed by atoms with Gasteiger partial charge in [0.15, 0.2) is 5.84 Å². The minimum atomic E-state index is -0.286. The Balaban J connectivity index is 2.55. The van der Waals surface area contributed by atoms with Crippen LogP contribution in [0, 0.1) is 0 Å². The van der Waals surface area contributed by atoms with Crippen molar-refractivity contribution in [1.82, 2.24) is 4.90 Å². The summed E-state index contributed by atoms with van der Waals surface area (Å²) in [5.74, 6) is 0.0169. The zero-order chi connectivity index (χ0) is 12.7. The van der Waals surface area contributed by atoms with Gasteiger partial charge >= 0.3 is 0 Å². The Morgan fingerprint density at radius 2 is 2.35 bits per heavy atom. The molecule has 3 N–H and O–H groups in total. The van der Waals surface area contributed by atoms with E-state index in [0.29, 0.717) is 13.2 Å². The zero-order valence-corrected chi connectivity index (χ0v) is 10.3. The monoisotopic (exact) mass is 243 g/mol. The van der Waals surface area contributed by atoms with Crippen molar-refractivity contribution in [1.29, 1.82) is 0 Å². The smallest absolute Gasteiger partial charge is 0.249 e. The Labute approximate surface area is 101 Å². The predicted molar refractivity (Wildman–Crippen MR) is 63.9 cm³/mol. The summed E-state index contributed by atoms with van der Waals surface area (Å²) in [6.45, 7) is 3.29. The van der Waals surface area contributed by atoms with Crippen LogP contribution in [0.15, 0.2) is 5.16 Å². The molecule has 0 aromatic carbocycles. The van der Waals surface area contributed by atoms with Crippen molar-refractivity contribution >= 4 is 11.7 Å². The van der Waals surface area contributed by atoms with Gasteiger partial charge in [0.2, 0.25) is 5.91 Å². The van der Waals surface area contributed by atoms with Gasteiger partial charge in [0.25, 0.3) is 0 Å². The highest BCUT2D eigenvalue weighted by atomic mass is 16.5. The third kappa shape index (κ3) is 3.89. The number of hydrogen-bond acceptors (Lipinski definition) is 4. The van der Waals surface area contributed by atoms with Crippen molar-refractivity contribution in [3.63, 3.8) is 0 Å². The van der Waals surface area contributed by atoms with Crippen molar-refractivity contribution in [2.75, 3.05) is 19.8 Å². The van der Waals surface area contributed by atoms with Crippen molar-refractivity contribution in [3.8, 4) is 0 Å². The van der Waals surface area contributed by atoms with Gasteiger partial charge in [-0.2, -0.15) is 0 Å². The van der Waals surface area contributed by atoms with Crippen LogP contribution in [0.4, 0.5) is 0 Å². The average molecular weight is 243 g/mol. The first-order valence-electron chi connectivity index (χ1n) is 6.05. The number of amidine groups is 1. The molecule has 1 rings (SSSR count). The number of oxime groups is 1. The maximum Gasteiger partial charge on any atom is 0.249 e. The standard InChI is InChI=1S/C11H21N3O3/c1-2-7-17-8-10(15)14-6-4-3-5-9(14)11(12)13-16/h9,16H,2-8H2,1H3,(H2,12,13). The second-order valence-corrected chi connectivity index (χ2v) is 4.18. The lowest BCUT2D eigenvalue weighted by Gasteiger charge is -2.34. The molecule has 6 nitrogen and oxygen atoms in total. The summed E-state index contributed by atoms with van der Waals surface area (Å²) in [4.78, 5) is 13.6. The molecule has 1 fully saturated rings. The molecule has 1 heterocycles. The van der Waals surface area contributed by atoms with Gasteiger partial charge in [-0.1, -0.05) is 12.1 Å². The van der Waals surface area contributed by atoms with E-state index in [1.54, 1.807) is 4.90 Å². The number of rotatable bonds is 5. The highest BCUT2D eigenvalue weighted by molar-refractivity contribution is 5.90. The molecule has 6 heteroatoms. The molecule has 0 saturated carbocycles. The summed E-state index contributed by atoms with van der Waals surface area (Å²) >= 11 is 0. The van der Waals surface area contributed by atoms with Crippen LogP contribution in [0.25, 0.3) is 0 Å². The summed E-state index contributed by atoms with van der Waals surface area (Å²) < 4.78 is 5.23. The van der Waals surface area contributed by atoms with E-state index < -0.39 is 0 Å². The van der Waals surface area contributed by atoms with Gasteiger partial charge in [-0.05, 0) is 25.7 Å². The van der Waals surface area contributed by atoms with Crippen LogP contribution < -0.4 is 5.73 Å². The number of hydrogen-bond donors (Lipinski definition) is 2. The molecule has 0 radical (unpaired) electrons. The number of nitrogens with two attached hydrogens (primary N) is 1. The van der Waals surface area contributed by atoms with Crippen LogP contribution >= 0.6 is 0 Å². The van der Waals surface area contributed by atoms with E-state index in [0.717, 1.165) is 25.7 Å². The Morgan fingerprint density at radius 1 is 1.59 bits per heavy atom. The molecule has 1 amide bonds. The number of ether oxygens (including phenoxy) is 1. The van der Waals surface area contributed by atoms with E-state index in [1.807, 2.05) is 6.92 Å². The van der Waals surface area contributed by atoms with Gasteiger partial charge in [-0.15, -0.1) is 0 Å². The van der Waals surface area contributed by atoms with E-state index >= 15 is 0 Å². The lowest BCUT2D eigenvalue weighted by Crippen LogP contribution is -2.51. The summed E-state index contributed by atoms with van der Waals surface area (Å²) in [5.41, 5.74) is 5.60. The van der Waals surface area contributed by atoms with Crippen LogP contribution in [0.1, 0.15) is 32.6 Å². The second-order valence-electron chi connectivity index (χ2n) is 4.18. The Bertz CT molecular complexity index is 281. The van der Waals surface area contributed by atoms with Gasteiger partial charge in [0.1, 0.15) is 6.61 Å². The molecule has 1 aliphatic heterocycles. The molecule has 98 valence electrons. The molecule has 17 heavy (non-hydrogen) atoms. The number of likely N-dealkylation sites (tertiary alicyclic amines) is 1. The molecular formula is C11H21N3O3. The SMILES string of the molecule is CCCOCC(=O)N1CCCCC1C(N)=NO. The fraction of sp³-hybridized carbons (Fsp3) is 0.818. The van der Waals surface area contributed by atoms with Crippen molar-refractivity contribution < 1.29 is 14.7 Å². The number of nitrogens with zero attached hydrogens (tertiary/aromatic N) is 2. The quantitative estimate of drug-likeness (QED) is 0.242. The minimum absolute atomic E-state index is 0.0725. The summed E-state index contributed by atoms with van der Waals surface area (Å²) in [5, 5.41) is 11.7. The first kappa shape index (κ1) is 13.8. The lowest BCUT2D eigenvalue weighted by atomic mass is 10.0.